The summed E-state index contributed by atoms with van der Waals surface area (Å²) in [6.07, 6.45) is 3.03. The number of hydrogen-bond donors (Lipinski definition) is 1. The van der Waals surface area contributed by atoms with Crippen molar-refractivity contribution in [1.82, 2.24) is 15.3 Å². The second-order valence-corrected chi connectivity index (χ2v) is 5.78. The maximum atomic E-state index is 5.98. The summed E-state index contributed by atoms with van der Waals surface area (Å²) in [7, 11) is 1.92. The molecule has 0 radical (unpaired) electrons. The molecule has 0 aliphatic carbocycles. The van der Waals surface area contributed by atoms with E-state index in [0.29, 0.717) is 18.4 Å². The summed E-state index contributed by atoms with van der Waals surface area (Å²) in [5.74, 6) is 2.62. The van der Waals surface area contributed by atoms with Crippen LogP contribution in [0.5, 0.6) is 5.75 Å². The summed E-state index contributed by atoms with van der Waals surface area (Å²) in [5.41, 5.74) is 0.941. The van der Waals surface area contributed by atoms with Crippen LogP contribution in [0.25, 0.3) is 0 Å². The zero-order valence-corrected chi connectivity index (χ0v) is 13.0. The first kappa shape index (κ1) is 15.9. The average Bonchev–Trinajstić information content (AvgIpc) is 2.30. The van der Waals surface area contributed by atoms with Gasteiger partial charge in [-0.2, -0.15) is 0 Å². The van der Waals surface area contributed by atoms with Crippen molar-refractivity contribution in [1.29, 1.82) is 0 Å². The lowest BCUT2D eigenvalue weighted by Gasteiger charge is -2.19. The van der Waals surface area contributed by atoms with E-state index >= 15 is 0 Å². The predicted molar refractivity (Wildman–Crippen MR) is 78.4 cm³/mol. The highest BCUT2D eigenvalue weighted by molar-refractivity contribution is 5.25. The molecule has 0 saturated carbocycles. The molecule has 0 spiro atoms. The Morgan fingerprint density at radius 2 is 1.89 bits per heavy atom. The van der Waals surface area contributed by atoms with Crippen molar-refractivity contribution >= 4 is 0 Å². The van der Waals surface area contributed by atoms with Gasteiger partial charge in [-0.15, -0.1) is 0 Å². The molecule has 1 unspecified atom stereocenters. The molecule has 4 nitrogen and oxygen atoms in total. The lowest BCUT2D eigenvalue weighted by Crippen LogP contribution is -2.18. The highest BCUT2D eigenvalue weighted by atomic mass is 16.5. The molecule has 108 valence electrons. The van der Waals surface area contributed by atoms with E-state index in [-0.39, 0.29) is 6.10 Å². The van der Waals surface area contributed by atoms with Crippen LogP contribution in [-0.4, -0.2) is 23.1 Å². The molecule has 1 aromatic rings. The standard InChI is InChI=1S/C15H27N3O/c1-10(2)7-12(5)19-14-9-17-15(11(3)4)18-13(14)8-16-6/h9-12,16H,7-8H2,1-6H3. The van der Waals surface area contributed by atoms with Gasteiger partial charge < -0.3 is 10.1 Å². The van der Waals surface area contributed by atoms with Gasteiger partial charge >= 0.3 is 0 Å². The van der Waals surface area contributed by atoms with Gasteiger partial charge in [-0.3, -0.25) is 0 Å². The highest BCUT2D eigenvalue weighted by Crippen LogP contribution is 2.21. The minimum atomic E-state index is 0.184. The number of nitrogens with zero attached hydrogens (tertiary/aromatic N) is 2. The van der Waals surface area contributed by atoms with Crippen LogP contribution >= 0.6 is 0 Å². The third kappa shape index (κ3) is 5.15. The normalized spacial score (nSPS) is 13.1. The molecule has 1 aromatic heterocycles. The first-order valence-corrected chi connectivity index (χ1v) is 7.11. The molecular weight excluding hydrogens is 238 g/mol. The van der Waals surface area contributed by atoms with Crippen molar-refractivity contribution < 1.29 is 4.74 Å². The van der Waals surface area contributed by atoms with Crippen molar-refractivity contribution in [2.75, 3.05) is 7.05 Å². The zero-order valence-electron chi connectivity index (χ0n) is 13.0. The molecule has 1 N–H and O–H groups in total. The molecule has 0 aliphatic rings. The maximum Gasteiger partial charge on any atom is 0.160 e. The Balaban J connectivity index is 2.86. The topological polar surface area (TPSA) is 47.0 Å². The van der Waals surface area contributed by atoms with E-state index in [1.165, 1.54) is 0 Å². The third-order valence-electron chi connectivity index (χ3n) is 2.84. The summed E-state index contributed by atoms with van der Waals surface area (Å²) in [4.78, 5) is 8.98. The van der Waals surface area contributed by atoms with Gasteiger partial charge in [0.05, 0.1) is 18.0 Å². The first-order chi connectivity index (χ1) is 8.93. The Morgan fingerprint density at radius 1 is 1.21 bits per heavy atom. The van der Waals surface area contributed by atoms with E-state index in [9.17, 15) is 0 Å². The van der Waals surface area contributed by atoms with Crippen LogP contribution in [0.2, 0.25) is 0 Å². The minimum Gasteiger partial charge on any atom is -0.487 e. The average molecular weight is 265 g/mol. The molecule has 0 aliphatic heterocycles. The van der Waals surface area contributed by atoms with Gasteiger partial charge in [-0.25, -0.2) is 9.97 Å². The van der Waals surface area contributed by atoms with Gasteiger partial charge in [-0.1, -0.05) is 27.7 Å². The van der Waals surface area contributed by atoms with E-state index in [2.05, 4.69) is 49.9 Å². The van der Waals surface area contributed by atoms with Crippen LogP contribution in [-0.2, 0) is 6.54 Å². The van der Waals surface area contributed by atoms with Gasteiger partial charge in [0.25, 0.3) is 0 Å². The van der Waals surface area contributed by atoms with Crippen LogP contribution in [0, 0.1) is 5.92 Å². The van der Waals surface area contributed by atoms with E-state index in [1.54, 1.807) is 0 Å². The van der Waals surface area contributed by atoms with Crippen LogP contribution in [0.1, 0.15) is 58.5 Å². The lowest BCUT2D eigenvalue weighted by molar-refractivity contribution is 0.189. The van der Waals surface area contributed by atoms with Gasteiger partial charge in [-0.05, 0) is 26.3 Å². The zero-order chi connectivity index (χ0) is 14.4. The molecule has 0 aromatic carbocycles. The van der Waals surface area contributed by atoms with Crippen LogP contribution in [0.3, 0.4) is 0 Å². The Kier molecular flexibility index (Phi) is 6.22. The Morgan fingerprint density at radius 3 is 2.42 bits per heavy atom. The maximum absolute atomic E-state index is 5.98. The largest absolute Gasteiger partial charge is 0.487 e. The third-order valence-corrected chi connectivity index (χ3v) is 2.84. The molecule has 1 atom stereocenters. The molecule has 1 heterocycles. The van der Waals surface area contributed by atoms with E-state index in [0.717, 1.165) is 23.7 Å². The molecule has 0 fully saturated rings. The van der Waals surface area contributed by atoms with Crippen LogP contribution in [0.15, 0.2) is 6.20 Å². The predicted octanol–water partition coefficient (Wildman–Crippen LogP) is 3.13. The van der Waals surface area contributed by atoms with Crippen LogP contribution in [0.4, 0.5) is 0 Å². The van der Waals surface area contributed by atoms with E-state index in [4.69, 9.17) is 4.74 Å². The molecule has 0 bridgehead atoms. The van der Waals surface area contributed by atoms with Gasteiger partial charge in [0.15, 0.2) is 5.75 Å². The lowest BCUT2D eigenvalue weighted by atomic mass is 10.1. The monoisotopic (exact) mass is 265 g/mol. The summed E-state index contributed by atoms with van der Waals surface area (Å²) in [6.45, 7) is 11.4. The fraction of sp³-hybridized carbons (Fsp3) is 0.733. The quantitative estimate of drug-likeness (QED) is 0.823. The fourth-order valence-corrected chi connectivity index (χ4v) is 2.02. The van der Waals surface area contributed by atoms with Gasteiger partial charge in [0.2, 0.25) is 0 Å². The highest BCUT2D eigenvalue weighted by Gasteiger charge is 2.13. The smallest absolute Gasteiger partial charge is 0.160 e. The van der Waals surface area contributed by atoms with E-state index < -0.39 is 0 Å². The number of hydrogen-bond acceptors (Lipinski definition) is 4. The second kappa shape index (κ2) is 7.43. The van der Waals surface area contributed by atoms with Crippen molar-refractivity contribution in [3.8, 4) is 5.75 Å². The Hall–Kier alpha value is -1.16. The SMILES string of the molecule is CNCc1nc(C(C)C)ncc1OC(C)CC(C)C. The number of rotatable bonds is 7. The second-order valence-electron chi connectivity index (χ2n) is 5.78. The van der Waals surface area contributed by atoms with E-state index in [1.807, 2.05) is 13.2 Å². The number of aromatic nitrogens is 2. The van der Waals surface area contributed by atoms with Crippen molar-refractivity contribution in [3.05, 3.63) is 17.7 Å². The summed E-state index contributed by atoms with van der Waals surface area (Å²) < 4.78 is 5.98. The van der Waals surface area contributed by atoms with Gasteiger partial charge in [0.1, 0.15) is 5.82 Å². The van der Waals surface area contributed by atoms with Crippen molar-refractivity contribution in [2.45, 2.75) is 59.6 Å². The van der Waals surface area contributed by atoms with Gasteiger partial charge in [0, 0.05) is 12.5 Å². The summed E-state index contributed by atoms with van der Waals surface area (Å²) >= 11 is 0. The molecule has 0 amide bonds. The van der Waals surface area contributed by atoms with Crippen molar-refractivity contribution in [3.63, 3.8) is 0 Å². The molecular formula is C15H27N3O. The molecule has 1 rings (SSSR count). The summed E-state index contributed by atoms with van der Waals surface area (Å²) in [5, 5.41) is 3.13. The fourth-order valence-electron chi connectivity index (χ4n) is 2.02. The summed E-state index contributed by atoms with van der Waals surface area (Å²) in [6, 6.07) is 0. The van der Waals surface area contributed by atoms with Crippen molar-refractivity contribution in [2.24, 2.45) is 5.92 Å². The van der Waals surface area contributed by atoms with Crippen LogP contribution < -0.4 is 10.1 Å². The molecule has 4 heteroatoms. The number of nitrogens with one attached hydrogen (secondary N) is 1. The Bertz CT molecular complexity index is 391. The number of ether oxygens (including phenoxy) is 1. The molecule has 19 heavy (non-hydrogen) atoms. The Labute approximate surface area is 117 Å². The minimum absolute atomic E-state index is 0.184. The first-order valence-electron chi connectivity index (χ1n) is 7.11. The molecule has 0 saturated heterocycles.